The molecule has 2 heterocycles. The average Bonchev–Trinajstić information content (AvgIpc) is 2.61. The minimum atomic E-state index is 0.242. The summed E-state index contributed by atoms with van der Waals surface area (Å²) in [7, 11) is 0. The Labute approximate surface area is 148 Å². The number of phenols is 1. The van der Waals surface area contributed by atoms with Crippen LogP contribution in [-0.2, 0) is 0 Å². The Hall–Kier alpha value is -2.30. The molecule has 0 saturated heterocycles. The van der Waals surface area contributed by atoms with E-state index in [2.05, 4.69) is 15.1 Å². The first-order valence-corrected chi connectivity index (χ1v) is 9.21. The molecule has 5 nitrogen and oxygen atoms in total. The van der Waals surface area contributed by atoms with Crippen molar-refractivity contribution in [1.82, 2.24) is 10.2 Å². The second-order valence-electron chi connectivity index (χ2n) is 7.23. The summed E-state index contributed by atoms with van der Waals surface area (Å²) in [5, 5.41) is 19.3. The van der Waals surface area contributed by atoms with E-state index in [9.17, 15) is 5.11 Å². The van der Waals surface area contributed by atoms with Crippen LogP contribution in [0.25, 0.3) is 11.3 Å². The molecule has 0 bridgehead atoms. The SMILES string of the molecule is Cc1cc(C)c(-c2cc3c(nn2)N(C2CCCCC2)CCO3)c(O)c1. The van der Waals surface area contributed by atoms with Gasteiger partial charge in [-0.2, -0.15) is 0 Å². The lowest BCUT2D eigenvalue weighted by Crippen LogP contribution is -2.42. The van der Waals surface area contributed by atoms with Crippen molar-refractivity contribution in [3.63, 3.8) is 0 Å². The molecule has 2 aliphatic rings. The summed E-state index contributed by atoms with van der Waals surface area (Å²) in [6, 6.07) is 6.28. The van der Waals surface area contributed by atoms with Crippen molar-refractivity contribution in [3.8, 4) is 22.8 Å². The van der Waals surface area contributed by atoms with E-state index in [4.69, 9.17) is 4.74 Å². The van der Waals surface area contributed by atoms with Crippen molar-refractivity contribution in [3.05, 3.63) is 29.3 Å². The van der Waals surface area contributed by atoms with Crippen LogP contribution in [0.15, 0.2) is 18.2 Å². The molecule has 0 atom stereocenters. The standard InChI is InChI=1S/C20H25N3O2/c1-13-10-14(2)19(17(24)11-13)16-12-18-20(22-21-16)23(8-9-25-18)15-6-4-3-5-7-15/h10-12,15,24H,3-9H2,1-2H3. The molecule has 2 aromatic rings. The summed E-state index contributed by atoms with van der Waals surface area (Å²) in [5.74, 6) is 1.87. The molecule has 0 amide bonds. The second kappa shape index (κ2) is 6.54. The number of aryl methyl sites for hydroxylation is 2. The highest BCUT2D eigenvalue weighted by molar-refractivity contribution is 5.73. The van der Waals surface area contributed by atoms with E-state index < -0.39 is 0 Å². The first-order valence-electron chi connectivity index (χ1n) is 9.21. The van der Waals surface area contributed by atoms with Crippen LogP contribution in [0.1, 0.15) is 43.2 Å². The maximum absolute atomic E-state index is 10.4. The van der Waals surface area contributed by atoms with Gasteiger partial charge in [-0.05, 0) is 43.9 Å². The summed E-state index contributed by atoms with van der Waals surface area (Å²) in [6.07, 6.45) is 6.37. The number of hydrogen-bond donors (Lipinski definition) is 1. The van der Waals surface area contributed by atoms with E-state index in [0.29, 0.717) is 18.3 Å². The number of anilines is 1. The molecule has 1 saturated carbocycles. The summed E-state index contributed by atoms with van der Waals surface area (Å²) in [5.41, 5.74) is 3.43. The Morgan fingerprint density at radius 3 is 2.64 bits per heavy atom. The van der Waals surface area contributed by atoms with Gasteiger partial charge in [0.25, 0.3) is 0 Å². The Morgan fingerprint density at radius 2 is 1.88 bits per heavy atom. The van der Waals surface area contributed by atoms with E-state index in [-0.39, 0.29) is 5.75 Å². The van der Waals surface area contributed by atoms with Gasteiger partial charge in [-0.1, -0.05) is 25.3 Å². The lowest BCUT2D eigenvalue weighted by atomic mass is 9.94. The van der Waals surface area contributed by atoms with Gasteiger partial charge in [-0.15, -0.1) is 10.2 Å². The fraction of sp³-hybridized carbons (Fsp3) is 0.500. The Bertz CT molecular complexity index is 762. The maximum atomic E-state index is 10.4. The zero-order valence-electron chi connectivity index (χ0n) is 15.0. The largest absolute Gasteiger partial charge is 0.507 e. The molecule has 4 rings (SSSR count). The number of phenolic OH excluding ortho intramolecular Hbond substituents is 1. The van der Waals surface area contributed by atoms with Crippen LogP contribution in [0.2, 0.25) is 0 Å². The summed E-state index contributed by atoms with van der Waals surface area (Å²) in [6.45, 7) is 5.51. The van der Waals surface area contributed by atoms with Crippen LogP contribution >= 0.6 is 0 Å². The normalized spacial score (nSPS) is 17.9. The zero-order chi connectivity index (χ0) is 17.4. The van der Waals surface area contributed by atoms with Crippen molar-refractivity contribution < 1.29 is 9.84 Å². The molecule has 5 heteroatoms. The average molecular weight is 339 g/mol. The minimum Gasteiger partial charge on any atom is -0.507 e. The van der Waals surface area contributed by atoms with Crippen LogP contribution in [-0.4, -0.2) is 34.5 Å². The van der Waals surface area contributed by atoms with Crippen molar-refractivity contribution in [2.45, 2.75) is 52.0 Å². The predicted octanol–water partition coefficient (Wildman–Crippen LogP) is 4.00. The third kappa shape index (κ3) is 3.03. The topological polar surface area (TPSA) is 58.5 Å². The van der Waals surface area contributed by atoms with Gasteiger partial charge in [0.15, 0.2) is 11.6 Å². The fourth-order valence-corrected chi connectivity index (χ4v) is 4.18. The van der Waals surface area contributed by atoms with Gasteiger partial charge in [0.05, 0.1) is 6.54 Å². The van der Waals surface area contributed by atoms with Crippen molar-refractivity contribution in [2.24, 2.45) is 0 Å². The molecule has 1 fully saturated rings. The van der Waals surface area contributed by atoms with E-state index in [0.717, 1.165) is 34.8 Å². The predicted molar refractivity (Wildman–Crippen MR) is 98.3 cm³/mol. The summed E-state index contributed by atoms with van der Waals surface area (Å²) < 4.78 is 5.88. The fourth-order valence-electron chi connectivity index (χ4n) is 4.18. The highest BCUT2D eigenvalue weighted by atomic mass is 16.5. The molecule has 1 aliphatic heterocycles. The molecule has 1 aromatic carbocycles. The lowest BCUT2D eigenvalue weighted by molar-refractivity contribution is 0.284. The van der Waals surface area contributed by atoms with Crippen molar-refractivity contribution in [1.29, 1.82) is 0 Å². The van der Waals surface area contributed by atoms with Gasteiger partial charge in [0.1, 0.15) is 18.1 Å². The molecule has 0 unspecified atom stereocenters. The Kier molecular flexibility index (Phi) is 4.24. The molecule has 1 N–H and O–H groups in total. The van der Waals surface area contributed by atoms with Crippen LogP contribution in [0.5, 0.6) is 11.5 Å². The molecule has 0 radical (unpaired) electrons. The quantitative estimate of drug-likeness (QED) is 0.896. The monoisotopic (exact) mass is 339 g/mol. The van der Waals surface area contributed by atoms with Crippen LogP contribution in [0.4, 0.5) is 5.82 Å². The van der Waals surface area contributed by atoms with Gasteiger partial charge < -0.3 is 14.7 Å². The third-order valence-corrected chi connectivity index (χ3v) is 5.33. The second-order valence-corrected chi connectivity index (χ2v) is 7.23. The van der Waals surface area contributed by atoms with Crippen LogP contribution in [0.3, 0.4) is 0 Å². The number of ether oxygens (including phenoxy) is 1. The van der Waals surface area contributed by atoms with Crippen molar-refractivity contribution >= 4 is 5.82 Å². The number of rotatable bonds is 2. The number of fused-ring (bicyclic) bond motifs is 1. The van der Waals surface area contributed by atoms with E-state index in [1.807, 2.05) is 26.0 Å². The van der Waals surface area contributed by atoms with Gasteiger partial charge >= 0.3 is 0 Å². The first-order chi connectivity index (χ1) is 12.1. The molecule has 1 aromatic heterocycles. The molecular weight excluding hydrogens is 314 g/mol. The Balaban J connectivity index is 1.71. The highest BCUT2D eigenvalue weighted by Gasteiger charge is 2.29. The number of aromatic hydroxyl groups is 1. The Morgan fingerprint density at radius 1 is 1.08 bits per heavy atom. The van der Waals surface area contributed by atoms with Gasteiger partial charge in [0.2, 0.25) is 0 Å². The first kappa shape index (κ1) is 16.2. The molecule has 0 spiro atoms. The molecule has 132 valence electrons. The van der Waals surface area contributed by atoms with E-state index >= 15 is 0 Å². The third-order valence-electron chi connectivity index (χ3n) is 5.33. The maximum Gasteiger partial charge on any atom is 0.194 e. The highest BCUT2D eigenvalue weighted by Crippen LogP contribution is 2.39. The van der Waals surface area contributed by atoms with E-state index in [1.165, 1.54) is 32.1 Å². The number of aromatic nitrogens is 2. The van der Waals surface area contributed by atoms with Crippen molar-refractivity contribution in [2.75, 3.05) is 18.1 Å². The van der Waals surface area contributed by atoms with Gasteiger partial charge in [0, 0.05) is 17.7 Å². The van der Waals surface area contributed by atoms with Gasteiger partial charge in [-0.3, -0.25) is 0 Å². The summed E-state index contributed by atoms with van der Waals surface area (Å²) in [4.78, 5) is 2.37. The summed E-state index contributed by atoms with van der Waals surface area (Å²) >= 11 is 0. The molecular formula is C20H25N3O2. The van der Waals surface area contributed by atoms with Crippen LogP contribution in [0, 0.1) is 13.8 Å². The number of hydrogen-bond acceptors (Lipinski definition) is 5. The molecule has 1 aliphatic carbocycles. The van der Waals surface area contributed by atoms with E-state index in [1.54, 1.807) is 6.07 Å². The number of benzene rings is 1. The lowest BCUT2D eigenvalue weighted by Gasteiger charge is -2.38. The zero-order valence-corrected chi connectivity index (χ0v) is 15.0. The minimum absolute atomic E-state index is 0.242. The van der Waals surface area contributed by atoms with Crippen LogP contribution < -0.4 is 9.64 Å². The number of nitrogens with zero attached hydrogens (tertiary/aromatic N) is 3. The molecule has 25 heavy (non-hydrogen) atoms. The smallest absolute Gasteiger partial charge is 0.194 e. The van der Waals surface area contributed by atoms with Gasteiger partial charge in [-0.25, -0.2) is 0 Å².